The Balaban J connectivity index is 1.43. The van der Waals surface area contributed by atoms with Crippen molar-refractivity contribution in [3.05, 3.63) is 52.2 Å². The van der Waals surface area contributed by atoms with Crippen LogP contribution in [0.4, 0.5) is 5.69 Å². The SMILES string of the molecule is CN1CCN(CCCNC(=O)c2cccc(NC(=O)c3cccs3)c2)CC1. The second-order valence-corrected chi connectivity index (χ2v) is 7.71. The summed E-state index contributed by atoms with van der Waals surface area (Å²) in [6, 6.07) is 10.7. The highest BCUT2D eigenvalue weighted by atomic mass is 32.1. The average molecular weight is 387 g/mol. The predicted octanol–water partition coefficient (Wildman–Crippen LogP) is 2.37. The van der Waals surface area contributed by atoms with Crippen LogP contribution in [0.15, 0.2) is 41.8 Å². The van der Waals surface area contributed by atoms with Gasteiger partial charge in [0.15, 0.2) is 0 Å². The van der Waals surface area contributed by atoms with Crippen LogP contribution in [0.3, 0.4) is 0 Å². The van der Waals surface area contributed by atoms with Crippen molar-refractivity contribution < 1.29 is 9.59 Å². The molecule has 2 heterocycles. The molecule has 2 amide bonds. The summed E-state index contributed by atoms with van der Waals surface area (Å²) in [6.07, 6.45) is 0.935. The Bertz CT molecular complexity index is 755. The normalized spacial score (nSPS) is 15.4. The molecule has 27 heavy (non-hydrogen) atoms. The lowest BCUT2D eigenvalue weighted by Crippen LogP contribution is -2.45. The molecule has 1 aromatic carbocycles. The summed E-state index contributed by atoms with van der Waals surface area (Å²) in [6.45, 7) is 6.06. The molecule has 1 aromatic heterocycles. The zero-order chi connectivity index (χ0) is 19.1. The second kappa shape index (κ2) is 9.64. The number of piperazine rings is 1. The Morgan fingerprint density at radius 2 is 1.89 bits per heavy atom. The number of thiophene rings is 1. The van der Waals surface area contributed by atoms with E-state index in [1.165, 1.54) is 11.3 Å². The van der Waals surface area contributed by atoms with Gasteiger partial charge in [0.25, 0.3) is 11.8 Å². The van der Waals surface area contributed by atoms with E-state index in [2.05, 4.69) is 27.5 Å². The molecule has 0 atom stereocenters. The van der Waals surface area contributed by atoms with E-state index in [4.69, 9.17) is 0 Å². The molecule has 1 aliphatic heterocycles. The monoisotopic (exact) mass is 386 g/mol. The summed E-state index contributed by atoms with van der Waals surface area (Å²) in [5.41, 5.74) is 1.18. The van der Waals surface area contributed by atoms with E-state index in [1.54, 1.807) is 30.3 Å². The van der Waals surface area contributed by atoms with Gasteiger partial charge in [-0.05, 0) is 49.7 Å². The molecule has 1 aliphatic rings. The van der Waals surface area contributed by atoms with Gasteiger partial charge in [0.05, 0.1) is 4.88 Å². The van der Waals surface area contributed by atoms with Crippen molar-refractivity contribution in [2.75, 3.05) is 51.6 Å². The van der Waals surface area contributed by atoms with Gasteiger partial charge in [-0.25, -0.2) is 0 Å². The number of rotatable bonds is 7. The van der Waals surface area contributed by atoms with Crippen LogP contribution < -0.4 is 10.6 Å². The van der Waals surface area contributed by atoms with Crippen LogP contribution in [0.1, 0.15) is 26.5 Å². The lowest BCUT2D eigenvalue weighted by atomic mass is 10.2. The Morgan fingerprint density at radius 3 is 2.63 bits per heavy atom. The van der Waals surface area contributed by atoms with Crippen LogP contribution in [-0.2, 0) is 0 Å². The fourth-order valence-electron chi connectivity index (χ4n) is 3.02. The predicted molar refractivity (Wildman–Crippen MR) is 110 cm³/mol. The van der Waals surface area contributed by atoms with Crippen LogP contribution in [0.25, 0.3) is 0 Å². The number of carbonyl (C=O) groups is 2. The molecule has 0 unspecified atom stereocenters. The fourth-order valence-corrected chi connectivity index (χ4v) is 3.64. The summed E-state index contributed by atoms with van der Waals surface area (Å²) in [4.78, 5) is 29.9. The minimum Gasteiger partial charge on any atom is -0.352 e. The smallest absolute Gasteiger partial charge is 0.265 e. The fraction of sp³-hybridized carbons (Fsp3) is 0.400. The zero-order valence-electron chi connectivity index (χ0n) is 15.6. The number of carbonyl (C=O) groups excluding carboxylic acids is 2. The van der Waals surface area contributed by atoms with E-state index in [0.29, 0.717) is 22.7 Å². The molecule has 3 rings (SSSR count). The largest absolute Gasteiger partial charge is 0.352 e. The maximum absolute atomic E-state index is 12.4. The Labute approximate surface area is 164 Å². The first-order chi connectivity index (χ1) is 13.1. The Morgan fingerprint density at radius 1 is 1.07 bits per heavy atom. The standard InChI is InChI=1S/C20H26N4O2S/c1-23-10-12-24(13-11-23)9-4-8-21-19(25)16-5-2-6-17(15-16)22-20(26)18-7-3-14-27-18/h2-3,5-7,14-15H,4,8-13H2,1H3,(H,21,25)(H,22,26). The van der Waals surface area contributed by atoms with E-state index in [1.807, 2.05) is 11.4 Å². The lowest BCUT2D eigenvalue weighted by Gasteiger charge is -2.32. The number of likely N-dealkylation sites (N-methyl/N-ethyl adjacent to an activating group) is 1. The number of anilines is 1. The first kappa shape index (κ1) is 19.5. The van der Waals surface area contributed by atoms with E-state index < -0.39 is 0 Å². The minimum absolute atomic E-state index is 0.111. The summed E-state index contributed by atoms with van der Waals surface area (Å²) in [5, 5.41) is 7.67. The van der Waals surface area contributed by atoms with Gasteiger partial charge in [-0.3, -0.25) is 9.59 Å². The molecule has 7 heteroatoms. The van der Waals surface area contributed by atoms with Crippen LogP contribution in [0, 0.1) is 0 Å². The molecule has 0 bridgehead atoms. The van der Waals surface area contributed by atoms with Gasteiger partial charge < -0.3 is 20.4 Å². The lowest BCUT2D eigenvalue weighted by molar-refractivity contribution is 0.0948. The molecular weight excluding hydrogens is 360 g/mol. The van der Waals surface area contributed by atoms with Gasteiger partial charge in [0, 0.05) is 44.0 Å². The second-order valence-electron chi connectivity index (χ2n) is 6.77. The summed E-state index contributed by atoms with van der Waals surface area (Å²) in [5.74, 6) is -0.268. The molecule has 0 radical (unpaired) electrons. The highest BCUT2D eigenvalue weighted by Gasteiger charge is 2.13. The van der Waals surface area contributed by atoms with Crippen LogP contribution in [0.2, 0.25) is 0 Å². The summed E-state index contributed by atoms with van der Waals surface area (Å²) >= 11 is 1.39. The number of benzene rings is 1. The van der Waals surface area contributed by atoms with E-state index in [-0.39, 0.29) is 11.8 Å². The average Bonchev–Trinajstić information content (AvgIpc) is 3.22. The number of amides is 2. The third kappa shape index (κ3) is 5.89. The highest BCUT2D eigenvalue weighted by molar-refractivity contribution is 7.12. The maximum atomic E-state index is 12.4. The van der Waals surface area contributed by atoms with Crippen molar-refractivity contribution in [3.8, 4) is 0 Å². The topological polar surface area (TPSA) is 64.7 Å². The number of nitrogens with zero attached hydrogens (tertiary/aromatic N) is 2. The van der Waals surface area contributed by atoms with Crippen LogP contribution in [0.5, 0.6) is 0 Å². The Kier molecular flexibility index (Phi) is 6.98. The van der Waals surface area contributed by atoms with Crippen molar-refractivity contribution >= 4 is 28.8 Å². The minimum atomic E-state index is -0.158. The van der Waals surface area contributed by atoms with E-state index >= 15 is 0 Å². The first-order valence-electron chi connectivity index (χ1n) is 9.26. The van der Waals surface area contributed by atoms with Gasteiger partial charge >= 0.3 is 0 Å². The van der Waals surface area contributed by atoms with Gasteiger partial charge in [0.2, 0.25) is 0 Å². The molecule has 2 N–H and O–H groups in total. The molecule has 0 saturated carbocycles. The maximum Gasteiger partial charge on any atom is 0.265 e. The van der Waals surface area contributed by atoms with E-state index in [0.717, 1.165) is 39.1 Å². The van der Waals surface area contributed by atoms with Gasteiger partial charge in [-0.2, -0.15) is 0 Å². The zero-order valence-corrected chi connectivity index (χ0v) is 16.4. The highest BCUT2D eigenvalue weighted by Crippen LogP contribution is 2.15. The van der Waals surface area contributed by atoms with Gasteiger partial charge in [-0.1, -0.05) is 12.1 Å². The van der Waals surface area contributed by atoms with Crippen molar-refractivity contribution in [2.24, 2.45) is 0 Å². The molecular formula is C20H26N4O2S. The third-order valence-corrected chi connectivity index (χ3v) is 5.53. The number of hydrogen-bond donors (Lipinski definition) is 2. The number of hydrogen-bond acceptors (Lipinski definition) is 5. The van der Waals surface area contributed by atoms with Crippen LogP contribution >= 0.6 is 11.3 Å². The molecule has 1 saturated heterocycles. The van der Waals surface area contributed by atoms with Gasteiger partial charge in [0.1, 0.15) is 0 Å². The molecule has 6 nitrogen and oxygen atoms in total. The molecule has 144 valence electrons. The first-order valence-corrected chi connectivity index (χ1v) is 10.1. The third-order valence-electron chi connectivity index (χ3n) is 4.66. The van der Waals surface area contributed by atoms with Crippen molar-refractivity contribution in [1.29, 1.82) is 0 Å². The Hall–Kier alpha value is -2.22. The van der Waals surface area contributed by atoms with Crippen molar-refractivity contribution in [1.82, 2.24) is 15.1 Å². The van der Waals surface area contributed by atoms with Crippen molar-refractivity contribution in [2.45, 2.75) is 6.42 Å². The number of nitrogens with one attached hydrogen (secondary N) is 2. The molecule has 0 spiro atoms. The quantitative estimate of drug-likeness (QED) is 0.717. The molecule has 0 aliphatic carbocycles. The molecule has 1 fully saturated rings. The van der Waals surface area contributed by atoms with Crippen LogP contribution in [-0.4, -0.2) is 67.9 Å². The molecule has 2 aromatic rings. The van der Waals surface area contributed by atoms with Gasteiger partial charge in [-0.15, -0.1) is 11.3 Å². The van der Waals surface area contributed by atoms with E-state index in [9.17, 15) is 9.59 Å². The van der Waals surface area contributed by atoms with Crippen molar-refractivity contribution in [3.63, 3.8) is 0 Å². The summed E-state index contributed by atoms with van der Waals surface area (Å²) in [7, 11) is 2.15. The summed E-state index contributed by atoms with van der Waals surface area (Å²) < 4.78 is 0.